The Morgan fingerprint density at radius 2 is 1.61 bits per heavy atom. The molecule has 1 heterocycles. The minimum absolute atomic E-state index is 0.217. The topological polar surface area (TPSA) is 60.9 Å². The van der Waals surface area contributed by atoms with Crippen molar-refractivity contribution in [3.63, 3.8) is 0 Å². The van der Waals surface area contributed by atoms with Crippen LogP contribution in [0.2, 0.25) is 0 Å². The van der Waals surface area contributed by atoms with Crippen LogP contribution in [0.4, 0.5) is 5.13 Å². The average molecular weight is 435 g/mol. The fourth-order valence-corrected chi connectivity index (χ4v) is 4.20. The molecule has 0 atom stereocenters. The van der Waals surface area contributed by atoms with Gasteiger partial charge in [0.25, 0.3) is 5.91 Å². The molecule has 0 spiro atoms. The van der Waals surface area contributed by atoms with Crippen LogP contribution in [0.5, 0.6) is 17.2 Å². The van der Waals surface area contributed by atoms with E-state index >= 15 is 0 Å². The summed E-state index contributed by atoms with van der Waals surface area (Å²) < 4.78 is 17.1. The number of carbonyl (C=O) groups excluding carboxylic acids is 1. The number of hydrogen-bond acceptors (Lipinski definition) is 6. The third kappa shape index (κ3) is 4.32. The molecule has 0 bridgehead atoms. The second-order valence-corrected chi connectivity index (χ2v) is 7.78. The highest BCUT2D eigenvalue weighted by molar-refractivity contribution is 7.22. The molecule has 4 aromatic rings. The SMILES string of the molecule is COc1ccc(OC)c(C(=O)N(Cc2ccccc2)c2nc3cc(OC)ccc3s2)c1. The van der Waals surface area contributed by atoms with Crippen molar-refractivity contribution >= 4 is 32.6 Å². The minimum atomic E-state index is -0.217. The van der Waals surface area contributed by atoms with Gasteiger partial charge in [0.2, 0.25) is 0 Å². The summed E-state index contributed by atoms with van der Waals surface area (Å²) in [6.07, 6.45) is 0. The van der Waals surface area contributed by atoms with Gasteiger partial charge in [-0.15, -0.1) is 0 Å². The van der Waals surface area contributed by atoms with Gasteiger partial charge in [-0.05, 0) is 35.9 Å². The number of fused-ring (bicyclic) bond motifs is 1. The first-order valence-electron chi connectivity index (χ1n) is 9.65. The van der Waals surface area contributed by atoms with E-state index in [-0.39, 0.29) is 5.91 Å². The molecule has 3 aromatic carbocycles. The van der Waals surface area contributed by atoms with Gasteiger partial charge >= 0.3 is 0 Å². The fourth-order valence-electron chi connectivity index (χ4n) is 3.26. The third-order valence-corrected chi connectivity index (χ3v) is 5.94. The zero-order valence-electron chi connectivity index (χ0n) is 17.5. The van der Waals surface area contributed by atoms with E-state index < -0.39 is 0 Å². The number of hydrogen-bond donors (Lipinski definition) is 0. The van der Waals surface area contributed by atoms with Crippen molar-refractivity contribution in [3.8, 4) is 17.2 Å². The van der Waals surface area contributed by atoms with Crippen molar-refractivity contribution in [3.05, 3.63) is 77.9 Å². The monoisotopic (exact) mass is 434 g/mol. The van der Waals surface area contributed by atoms with E-state index in [0.717, 1.165) is 21.5 Å². The van der Waals surface area contributed by atoms with Gasteiger partial charge in [0, 0.05) is 6.07 Å². The summed E-state index contributed by atoms with van der Waals surface area (Å²) in [6, 6.07) is 20.7. The van der Waals surface area contributed by atoms with Gasteiger partial charge in [0.15, 0.2) is 5.13 Å². The molecule has 0 aliphatic heterocycles. The Morgan fingerprint density at radius 3 is 2.32 bits per heavy atom. The van der Waals surface area contributed by atoms with Crippen LogP contribution < -0.4 is 19.1 Å². The Balaban J connectivity index is 1.80. The second kappa shape index (κ2) is 9.06. The van der Waals surface area contributed by atoms with Crippen LogP contribution in [0, 0.1) is 0 Å². The van der Waals surface area contributed by atoms with Crippen molar-refractivity contribution in [1.29, 1.82) is 0 Å². The summed E-state index contributed by atoms with van der Waals surface area (Å²) in [4.78, 5) is 20.1. The Kier molecular flexibility index (Phi) is 6.04. The molecule has 0 aliphatic rings. The van der Waals surface area contributed by atoms with E-state index in [4.69, 9.17) is 19.2 Å². The van der Waals surface area contributed by atoms with Gasteiger partial charge in [-0.25, -0.2) is 4.98 Å². The maximum absolute atomic E-state index is 13.7. The molecule has 0 aliphatic carbocycles. The van der Waals surface area contributed by atoms with Crippen LogP contribution in [-0.4, -0.2) is 32.2 Å². The first-order chi connectivity index (χ1) is 15.1. The predicted octanol–water partition coefficient (Wildman–Crippen LogP) is 5.17. The van der Waals surface area contributed by atoms with E-state index in [1.54, 1.807) is 44.4 Å². The summed E-state index contributed by atoms with van der Waals surface area (Å²) in [5.41, 5.74) is 2.19. The summed E-state index contributed by atoms with van der Waals surface area (Å²) in [7, 11) is 4.73. The lowest BCUT2D eigenvalue weighted by Crippen LogP contribution is -2.30. The summed E-state index contributed by atoms with van der Waals surface area (Å²) >= 11 is 1.46. The lowest BCUT2D eigenvalue weighted by atomic mass is 10.1. The Hall–Kier alpha value is -3.58. The van der Waals surface area contributed by atoms with Crippen LogP contribution in [0.1, 0.15) is 15.9 Å². The van der Waals surface area contributed by atoms with Crippen LogP contribution in [-0.2, 0) is 6.54 Å². The summed E-state index contributed by atoms with van der Waals surface area (Å²) in [5.74, 6) is 1.56. The number of aromatic nitrogens is 1. The molecule has 1 amide bonds. The Labute approximate surface area is 184 Å². The molecule has 1 aromatic heterocycles. The third-order valence-electron chi connectivity index (χ3n) is 4.88. The molecular weight excluding hydrogens is 412 g/mol. The summed E-state index contributed by atoms with van der Waals surface area (Å²) in [5, 5.41) is 0.599. The van der Waals surface area contributed by atoms with E-state index in [1.807, 2.05) is 48.5 Å². The zero-order valence-corrected chi connectivity index (χ0v) is 18.3. The van der Waals surface area contributed by atoms with Crippen molar-refractivity contribution < 1.29 is 19.0 Å². The number of rotatable bonds is 7. The van der Waals surface area contributed by atoms with E-state index in [9.17, 15) is 4.79 Å². The lowest BCUT2D eigenvalue weighted by Gasteiger charge is -2.21. The first-order valence-corrected chi connectivity index (χ1v) is 10.5. The standard InChI is InChI=1S/C24H22N2O4S/c1-28-17-9-11-21(30-3)19(13-17)23(27)26(15-16-7-5-4-6-8-16)24-25-20-14-18(29-2)10-12-22(20)31-24/h4-14H,15H2,1-3H3. The zero-order chi connectivity index (χ0) is 21.8. The van der Waals surface area contributed by atoms with Crippen molar-refractivity contribution in [2.45, 2.75) is 6.54 Å². The van der Waals surface area contributed by atoms with Gasteiger partial charge in [0.05, 0.1) is 43.7 Å². The largest absolute Gasteiger partial charge is 0.497 e. The molecule has 4 rings (SSSR count). The molecule has 31 heavy (non-hydrogen) atoms. The number of methoxy groups -OCH3 is 3. The normalized spacial score (nSPS) is 10.7. The Morgan fingerprint density at radius 1 is 0.903 bits per heavy atom. The van der Waals surface area contributed by atoms with Crippen LogP contribution >= 0.6 is 11.3 Å². The summed E-state index contributed by atoms with van der Waals surface area (Å²) in [6.45, 7) is 0.372. The molecule has 0 saturated carbocycles. The van der Waals surface area contributed by atoms with Gasteiger partial charge in [-0.2, -0.15) is 0 Å². The minimum Gasteiger partial charge on any atom is -0.497 e. The number of thiazole rings is 1. The van der Waals surface area contributed by atoms with Crippen LogP contribution in [0.25, 0.3) is 10.2 Å². The maximum atomic E-state index is 13.7. The number of carbonyl (C=O) groups is 1. The number of amides is 1. The highest BCUT2D eigenvalue weighted by Crippen LogP contribution is 2.34. The number of benzene rings is 3. The molecular formula is C24H22N2O4S. The quantitative estimate of drug-likeness (QED) is 0.402. The van der Waals surface area contributed by atoms with Crippen molar-refractivity contribution in [1.82, 2.24) is 4.98 Å². The molecule has 0 fully saturated rings. The molecule has 0 saturated heterocycles. The highest BCUT2D eigenvalue weighted by atomic mass is 32.1. The lowest BCUT2D eigenvalue weighted by molar-refractivity contribution is 0.0982. The molecule has 0 unspecified atom stereocenters. The molecule has 0 radical (unpaired) electrons. The first kappa shape index (κ1) is 20.7. The van der Waals surface area contributed by atoms with Gasteiger partial charge < -0.3 is 14.2 Å². The highest BCUT2D eigenvalue weighted by Gasteiger charge is 2.25. The number of anilines is 1. The van der Waals surface area contributed by atoms with Gasteiger partial charge in [-0.3, -0.25) is 9.69 Å². The molecule has 7 heteroatoms. The Bertz CT molecular complexity index is 1210. The van der Waals surface area contributed by atoms with E-state index in [2.05, 4.69) is 0 Å². The molecule has 158 valence electrons. The fraction of sp³-hybridized carbons (Fsp3) is 0.167. The smallest absolute Gasteiger partial charge is 0.264 e. The van der Waals surface area contributed by atoms with E-state index in [1.165, 1.54) is 11.3 Å². The second-order valence-electron chi connectivity index (χ2n) is 6.77. The van der Waals surface area contributed by atoms with Gasteiger partial charge in [-0.1, -0.05) is 41.7 Å². The van der Waals surface area contributed by atoms with Crippen LogP contribution in [0.3, 0.4) is 0 Å². The number of ether oxygens (including phenoxy) is 3. The van der Waals surface area contributed by atoms with Crippen molar-refractivity contribution in [2.75, 3.05) is 26.2 Å². The number of nitrogens with zero attached hydrogens (tertiary/aromatic N) is 2. The van der Waals surface area contributed by atoms with Crippen molar-refractivity contribution in [2.24, 2.45) is 0 Å². The maximum Gasteiger partial charge on any atom is 0.264 e. The molecule has 6 nitrogen and oxygen atoms in total. The van der Waals surface area contributed by atoms with E-state index in [0.29, 0.717) is 28.7 Å². The van der Waals surface area contributed by atoms with Gasteiger partial charge in [0.1, 0.15) is 17.2 Å². The molecule has 0 N–H and O–H groups in total. The predicted molar refractivity (Wildman–Crippen MR) is 123 cm³/mol. The average Bonchev–Trinajstić information content (AvgIpc) is 3.25. The van der Waals surface area contributed by atoms with Crippen LogP contribution in [0.15, 0.2) is 66.7 Å².